The zero-order valence-corrected chi connectivity index (χ0v) is 11.7. The molecular weight excluding hydrogens is 331 g/mol. The lowest BCUT2D eigenvalue weighted by Gasteiger charge is -2.21. The van der Waals surface area contributed by atoms with Gasteiger partial charge in [0.05, 0.1) is 16.0 Å². The van der Waals surface area contributed by atoms with Crippen LogP contribution in [-0.2, 0) is 4.74 Å². The second kappa shape index (κ2) is 4.28. The van der Waals surface area contributed by atoms with Crippen LogP contribution in [0.1, 0.15) is 30.7 Å². The summed E-state index contributed by atoms with van der Waals surface area (Å²) >= 11 is 9.93. The van der Waals surface area contributed by atoms with E-state index in [4.69, 9.17) is 16.3 Å². The molecule has 78 valence electrons. The molecule has 2 heterocycles. The molecule has 14 heavy (non-hydrogen) atoms. The maximum Gasteiger partial charge on any atom is 0.0932 e. The van der Waals surface area contributed by atoms with Gasteiger partial charge in [-0.1, -0.05) is 34.2 Å². The highest BCUT2D eigenvalue weighted by Gasteiger charge is 2.36. The zero-order chi connectivity index (χ0) is 10.2. The number of thiophene rings is 1. The van der Waals surface area contributed by atoms with Crippen LogP contribution in [0.5, 0.6) is 0 Å². The van der Waals surface area contributed by atoms with Crippen molar-refractivity contribution in [1.29, 1.82) is 0 Å². The first-order valence-corrected chi connectivity index (χ1v) is 7.34. The van der Waals surface area contributed by atoms with Crippen LogP contribution < -0.4 is 0 Å². The fraction of sp³-hybridized carbons (Fsp3) is 0.600. The maximum atomic E-state index is 6.04. The van der Waals surface area contributed by atoms with Crippen molar-refractivity contribution in [1.82, 2.24) is 0 Å². The molecule has 0 amide bonds. The van der Waals surface area contributed by atoms with Crippen LogP contribution in [0.4, 0.5) is 0 Å². The maximum absolute atomic E-state index is 6.04. The van der Waals surface area contributed by atoms with Gasteiger partial charge in [-0.3, -0.25) is 0 Å². The normalized spacial score (nSPS) is 32.4. The SMILES string of the molecule is CC1(CI)CCC(c2ccc(Cl)s2)O1. The summed E-state index contributed by atoms with van der Waals surface area (Å²) in [4.78, 5) is 1.27. The van der Waals surface area contributed by atoms with E-state index in [0.717, 1.165) is 21.6 Å². The van der Waals surface area contributed by atoms with Gasteiger partial charge in [-0.15, -0.1) is 11.3 Å². The largest absolute Gasteiger partial charge is 0.366 e. The number of hydrogen-bond donors (Lipinski definition) is 0. The molecule has 1 fully saturated rings. The van der Waals surface area contributed by atoms with E-state index in [1.807, 2.05) is 6.07 Å². The van der Waals surface area contributed by atoms with E-state index in [-0.39, 0.29) is 11.7 Å². The summed E-state index contributed by atoms with van der Waals surface area (Å²) in [5.74, 6) is 0. The minimum Gasteiger partial charge on any atom is -0.366 e. The molecule has 0 saturated carbocycles. The first-order chi connectivity index (χ1) is 6.63. The predicted molar refractivity (Wildman–Crippen MR) is 69.7 cm³/mol. The molecule has 1 nitrogen and oxygen atoms in total. The Bertz CT molecular complexity index is 328. The summed E-state index contributed by atoms with van der Waals surface area (Å²) in [7, 11) is 0. The van der Waals surface area contributed by atoms with Gasteiger partial charge in [-0.2, -0.15) is 0 Å². The molecule has 0 radical (unpaired) electrons. The Balaban J connectivity index is 2.09. The van der Waals surface area contributed by atoms with Crippen LogP contribution in [0.25, 0.3) is 0 Å². The molecule has 2 rings (SSSR count). The summed E-state index contributed by atoms with van der Waals surface area (Å²) < 4.78 is 7.95. The summed E-state index contributed by atoms with van der Waals surface area (Å²) in [6.07, 6.45) is 2.54. The molecule has 4 heteroatoms. The quantitative estimate of drug-likeness (QED) is 0.570. The Hall–Kier alpha value is 0.680. The van der Waals surface area contributed by atoms with Gasteiger partial charge in [-0.25, -0.2) is 0 Å². The van der Waals surface area contributed by atoms with Gasteiger partial charge in [0.2, 0.25) is 0 Å². The Kier molecular flexibility index (Phi) is 3.41. The van der Waals surface area contributed by atoms with Gasteiger partial charge < -0.3 is 4.74 Å². The second-order valence-electron chi connectivity index (χ2n) is 3.87. The highest BCUT2D eigenvalue weighted by Crippen LogP contribution is 2.42. The molecule has 2 atom stereocenters. The van der Waals surface area contributed by atoms with Crippen molar-refractivity contribution in [3.63, 3.8) is 0 Å². The lowest BCUT2D eigenvalue weighted by atomic mass is 10.1. The smallest absolute Gasteiger partial charge is 0.0932 e. The molecule has 2 unspecified atom stereocenters. The van der Waals surface area contributed by atoms with Crippen LogP contribution in [0.3, 0.4) is 0 Å². The van der Waals surface area contributed by atoms with Crippen molar-refractivity contribution in [3.8, 4) is 0 Å². The number of hydrogen-bond acceptors (Lipinski definition) is 2. The molecule has 1 saturated heterocycles. The molecule has 1 aromatic rings. The lowest BCUT2D eigenvalue weighted by Crippen LogP contribution is -2.24. The molecule has 0 bridgehead atoms. The summed E-state index contributed by atoms with van der Waals surface area (Å²) in [5.41, 5.74) is 0.0711. The standard InChI is InChI=1S/C10H12ClIOS/c1-10(6-12)5-4-7(13-10)8-2-3-9(11)14-8/h2-3,7H,4-6H2,1H3. The van der Waals surface area contributed by atoms with E-state index in [1.165, 1.54) is 4.88 Å². The van der Waals surface area contributed by atoms with E-state index in [2.05, 4.69) is 35.6 Å². The predicted octanol–water partition coefficient (Wildman–Crippen LogP) is 4.45. The number of ether oxygens (including phenoxy) is 1. The van der Waals surface area contributed by atoms with E-state index in [1.54, 1.807) is 11.3 Å². The summed E-state index contributed by atoms with van der Waals surface area (Å²) in [6, 6.07) is 4.03. The Morgan fingerprint density at radius 1 is 1.71 bits per heavy atom. The van der Waals surface area contributed by atoms with Gasteiger partial charge in [0.15, 0.2) is 0 Å². The van der Waals surface area contributed by atoms with Gasteiger partial charge in [0.1, 0.15) is 0 Å². The van der Waals surface area contributed by atoms with Crippen LogP contribution in [0, 0.1) is 0 Å². The van der Waals surface area contributed by atoms with Crippen LogP contribution in [-0.4, -0.2) is 10.0 Å². The van der Waals surface area contributed by atoms with Crippen molar-refractivity contribution in [2.75, 3.05) is 4.43 Å². The van der Waals surface area contributed by atoms with Gasteiger partial charge in [0, 0.05) is 9.30 Å². The third kappa shape index (κ3) is 2.26. The van der Waals surface area contributed by atoms with Crippen LogP contribution in [0.2, 0.25) is 4.34 Å². The van der Waals surface area contributed by atoms with Crippen LogP contribution >= 0.6 is 45.5 Å². The Morgan fingerprint density at radius 3 is 3.00 bits per heavy atom. The number of rotatable bonds is 2. The third-order valence-corrected chi connectivity index (χ3v) is 5.49. The molecule has 0 N–H and O–H groups in total. The van der Waals surface area contributed by atoms with Crippen molar-refractivity contribution < 1.29 is 4.74 Å². The summed E-state index contributed by atoms with van der Waals surface area (Å²) in [6.45, 7) is 2.19. The lowest BCUT2D eigenvalue weighted by molar-refractivity contribution is -0.00936. The molecule has 1 aromatic heterocycles. The average Bonchev–Trinajstić information content (AvgIpc) is 2.73. The monoisotopic (exact) mass is 342 g/mol. The molecule has 0 aliphatic carbocycles. The summed E-state index contributed by atoms with van der Waals surface area (Å²) in [5, 5.41) is 0. The third-order valence-electron chi connectivity index (χ3n) is 2.56. The van der Waals surface area contributed by atoms with Gasteiger partial charge in [0.25, 0.3) is 0 Å². The zero-order valence-electron chi connectivity index (χ0n) is 7.93. The first-order valence-electron chi connectivity index (χ1n) is 4.62. The highest BCUT2D eigenvalue weighted by atomic mass is 127. The second-order valence-corrected chi connectivity index (χ2v) is 6.38. The number of halogens is 2. The van der Waals surface area contributed by atoms with Crippen molar-refractivity contribution >= 4 is 45.5 Å². The molecule has 0 aromatic carbocycles. The average molecular weight is 343 g/mol. The van der Waals surface area contributed by atoms with E-state index < -0.39 is 0 Å². The fourth-order valence-electron chi connectivity index (χ4n) is 1.70. The fourth-order valence-corrected chi connectivity index (χ4v) is 3.38. The van der Waals surface area contributed by atoms with E-state index in [0.29, 0.717) is 0 Å². The minimum absolute atomic E-state index is 0.0711. The van der Waals surface area contributed by atoms with Crippen molar-refractivity contribution in [2.45, 2.75) is 31.5 Å². The van der Waals surface area contributed by atoms with Crippen LogP contribution in [0.15, 0.2) is 12.1 Å². The molecular formula is C10H12ClIOS. The Morgan fingerprint density at radius 2 is 2.50 bits per heavy atom. The van der Waals surface area contributed by atoms with Crippen molar-refractivity contribution in [3.05, 3.63) is 21.3 Å². The number of alkyl halides is 1. The van der Waals surface area contributed by atoms with E-state index in [9.17, 15) is 0 Å². The first kappa shape index (κ1) is 11.2. The highest BCUT2D eigenvalue weighted by molar-refractivity contribution is 14.1. The Labute approximate surface area is 107 Å². The molecule has 0 spiro atoms. The van der Waals surface area contributed by atoms with E-state index >= 15 is 0 Å². The molecule has 1 aliphatic rings. The van der Waals surface area contributed by atoms with Crippen molar-refractivity contribution in [2.24, 2.45) is 0 Å². The minimum atomic E-state index is 0.0711. The van der Waals surface area contributed by atoms with Gasteiger partial charge >= 0.3 is 0 Å². The molecule has 1 aliphatic heterocycles. The topological polar surface area (TPSA) is 9.23 Å². The van der Waals surface area contributed by atoms with Gasteiger partial charge in [-0.05, 0) is 31.9 Å².